The Hall–Kier alpha value is -6.59. The second-order valence-corrected chi connectivity index (χ2v) is 12.5. The quantitative estimate of drug-likeness (QED) is 0.0287. The SMILES string of the molecule is CCCCCC(C(=O)NCNC(=O)c1ccc(-c2ccc(C(=O)NC(CC(=O)O)C(=O)O)c(OCC)c2)o1)[C@@H](CC)N(C=O)OC(=O)c1ccc(N=O)cc1C. The maximum Gasteiger partial charge on any atom is 0.363 e. The third-order valence-corrected chi connectivity index (χ3v) is 8.63. The molecule has 2 aromatic carbocycles. The van der Waals surface area contributed by atoms with E-state index in [9.17, 15) is 43.6 Å². The molecule has 3 aromatic rings. The molecular weight excluding hydrogens is 734 g/mol. The molecule has 0 aliphatic heterocycles. The van der Waals surface area contributed by atoms with Gasteiger partial charge in [-0.15, -0.1) is 4.91 Å². The van der Waals surface area contributed by atoms with Crippen molar-refractivity contribution < 1.29 is 57.8 Å². The van der Waals surface area contributed by atoms with Crippen LogP contribution in [0.25, 0.3) is 11.3 Å². The highest BCUT2D eigenvalue weighted by molar-refractivity contribution is 6.00. The highest BCUT2D eigenvalue weighted by Crippen LogP contribution is 2.30. The van der Waals surface area contributed by atoms with Gasteiger partial charge in [-0.25, -0.2) is 9.59 Å². The summed E-state index contributed by atoms with van der Waals surface area (Å²) >= 11 is 0. The van der Waals surface area contributed by atoms with Gasteiger partial charge >= 0.3 is 17.9 Å². The lowest BCUT2D eigenvalue weighted by molar-refractivity contribution is -0.171. The average Bonchev–Trinajstić information content (AvgIpc) is 3.67. The number of unbranched alkanes of at least 4 members (excludes halogenated alkanes) is 2. The van der Waals surface area contributed by atoms with E-state index in [1.807, 2.05) is 6.92 Å². The van der Waals surface area contributed by atoms with E-state index in [0.29, 0.717) is 30.4 Å². The van der Waals surface area contributed by atoms with Crippen molar-refractivity contribution in [2.24, 2.45) is 11.1 Å². The molecule has 0 aliphatic carbocycles. The third-order valence-electron chi connectivity index (χ3n) is 8.63. The number of hydrogen-bond acceptors (Lipinski definition) is 12. The molecule has 18 heteroatoms. The smallest absolute Gasteiger partial charge is 0.363 e. The van der Waals surface area contributed by atoms with E-state index in [-0.39, 0.29) is 53.8 Å². The van der Waals surface area contributed by atoms with E-state index in [1.165, 1.54) is 48.5 Å². The average molecular weight is 780 g/mol. The number of ether oxygens (including phenoxy) is 1. The Balaban J connectivity index is 1.70. The van der Waals surface area contributed by atoms with Gasteiger partial charge in [-0.1, -0.05) is 39.2 Å². The lowest BCUT2D eigenvalue weighted by Gasteiger charge is -2.32. The molecule has 0 radical (unpaired) electrons. The summed E-state index contributed by atoms with van der Waals surface area (Å²) in [6.45, 7) is 6.78. The zero-order chi connectivity index (χ0) is 41.4. The normalized spacial score (nSPS) is 12.3. The molecule has 0 fully saturated rings. The predicted molar refractivity (Wildman–Crippen MR) is 199 cm³/mol. The predicted octanol–water partition coefficient (Wildman–Crippen LogP) is 4.72. The van der Waals surface area contributed by atoms with Gasteiger partial charge < -0.3 is 40.2 Å². The molecule has 0 aliphatic rings. The lowest BCUT2D eigenvalue weighted by Crippen LogP contribution is -2.49. The number of nitrogens with zero attached hydrogens (tertiary/aromatic N) is 2. The maximum atomic E-state index is 13.5. The summed E-state index contributed by atoms with van der Waals surface area (Å²) in [4.78, 5) is 103. The van der Waals surface area contributed by atoms with Gasteiger partial charge in [0.2, 0.25) is 12.3 Å². The Kier molecular flexibility index (Phi) is 16.7. The van der Waals surface area contributed by atoms with Crippen LogP contribution in [0.1, 0.15) is 96.1 Å². The van der Waals surface area contributed by atoms with Gasteiger partial charge in [0.05, 0.1) is 42.8 Å². The molecular formula is C38H45N5O13. The van der Waals surface area contributed by atoms with Crippen LogP contribution in [-0.2, 0) is 24.0 Å². The molecule has 1 heterocycles. The highest BCUT2D eigenvalue weighted by atomic mass is 16.7. The van der Waals surface area contributed by atoms with Crippen molar-refractivity contribution in [1.82, 2.24) is 21.0 Å². The minimum Gasteiger partial charge on any atom is -0.493 e. The van der Waals surface area contributed by atoms with Gasteiger partial charge in [-0.3, -0.25) is 24.0 Å². The maximum absolute atomic E-state index is 13.5. The zero-order valence-electron chi connectivity index (χ0n) is 31.4. The summed E-state index contributed by atoms with van der Waals surface area (Å²) in [5, 5.41) is 29.3. The first-order valence-corrected chi connectivity index (χ1v) is 17.9. The van der Waals surface area contributed by atoms with Crippen LogP contribution in [0.5, 0.6) is 5.75 Å². The first-order valence-electron chi connectivity index (χ1n) is 17.9. The van der Waals surface area contributed by atoms with Gasteiger partial charge in [-0.2, -0.15) is 5.06 Å². The molecule has 0 bridgehead atoms. The number of carboxylic acids is 2. The van der Waals surface area contributed by atoms with E-state index in [2.05, 4.69) is 21.1 Å². The Bertz CT molecular complexity index is 1910. The monoisotopic (exact) mass is 779 g/mol. The largest absolute Gasteiger partial charge is 0.493 e. The van der Waals surface area contributed by atoms with E-state index in [0.717, 1.165) is 17.9 Å². The van der Waals surface area contributed by atoms with Crippen molar-refractivity contribution in [2.45, 2.75) is 78.3 Å². The Morgan fingerprint density at radius 1 is 0.929 bits per heavy atom. The number of hydroxylamine groups is 2. The van der Waals surface area contributed by atoms with Crippen molar-refractivity contribution in [3.8, 4) is 17.1 Å². The number of furan rings is 1. The molecule has 18 nitrogen and oxygen atoms in total. The fourth-order valence-electron chi connectivity index (χ4n) is 5.79. The van der Waals surface area contributed by atoms with Crippen molar-refractivity contribution in [1.29, 1.82) is 0 Å². The van der Waals surface area contributed by atoms with Crippen LogP contribution >= 0.6 is 0 Å². The van der Waals surface area contributed by atoms with Gasteiger partial charge in [0.15, 0.2) is 5.76 Å². The summed E-state index contributed by atoms with van der Waals surface area (Å²) in [7, 11) is 0. The Morgan fingerprint density at radius 2 is 1.66 bits per heavy atom. The first kappa shape index (κ1) is 43.8. The molecule has 5 N–H and O–H groups in total. The minimum atomic E-state index is -1.68. The van der Waals surface area contributed by atoms with E-state index < -0.39 is 60.1 Å². The Morgan fingerprint density at radius 3 is 2.27 bits per heavy atom. The van der Waals surface area contributed by atoms with Crippen molar-refractivity contribution in [3.05, 3.63) is 75.9 Å². The van der Waals surface area contributed by atoms with Crippen LogP contribution in [0, 0.1) is 17.7 Å². The zero-order valence-corrected chi connectivity index (χ0v) is 31.4. The molecule has 0 saturated carbocycles. The minimum absolute atomic E-state index is 0.0507. The van der Waals surface area contributed by atoms with Crippen LogP contribution in [0.4, 0.5) is 5.69 Å². The standard InChI is InChI=1S/C38H45N5O13/c1-5-8-9-10-26(29(6-2)43(21-44)56-38(52)25-14-12-24(42-53)17-22(25)4)34(47)39-20-40-36(49)31-16-15-30(55-31)23-11-13-27(32(18-23)54-7-3)35(48)41-28(37(50)51)19-33(45)46/h11-18,21,26,28-29H,5-10,19-20H2,1-4H3,(H,39,47)(H,40,49)(H,41,48)(H,45,46)(H,50,51)/t26?,28?,29-/m1/s1. The number of nitrogens with one attached hydrogen (secondary N) is 3. The number of aryl methyl sites for hydroxylation is 1. The second-order valence-electron chi connectivity index (χ2n) is 12.5. The molecule has 56 heavy (non-hydrogen) atoms. The van der Waals surface area contributed by atoms with E-state index >= 15 is 0 Å². The topological polar surface area (TPSA) is 260 Å². The van der Waals surface area contributed by atoms with Crippen LogP contribution < -0.4 is 20.7 Å². The molecule has 1 aromatic heterocycles. The highest BCUT2D eigenvalue weighted by Gasteiger charge is 2.34. The van der Waals surface area contributed by atoms with Crippen LogP contribution in [0.15, 0.2) is 58.1 Å². The summed E-state index contributed by atoms with van der Waals surface area (Å²) in [5.41, 5.74) is 0.965. The van der Waals surface area contributed by atoms with Gasteiger partial charge in [0.1, 0.15) is 23.2 Å². The van der Waals surface area contributed by atoms with E-state index in [1.54, 1.807) is 20.8 Å². The number of carbonyl (C=O) groups excluding carboxylic acids is 5. The molecule has 2 unspecified atom stereocenters. The van der Waals surface area contributed by atoms with Crippen molar-refractivity contribution >= 4 is 47.7 Å². The summed E-state index contributed by atoms with van der Waals surface area (Å²) in [6.07, 6.45) is 2.38. The van der Waals surface area contributed by atoms with E-state index in [4.69, 9.17) is 19.1 Å². The number of carbonyl (C=O) groups is 7. The van der Waals surface area contributed by atoms with Crippen molar-refractivity contribution in [3.63, 3.8) is 0 Å². The fraction of sp³-hybridized carbons (Fsp3) is 0.395. The van der Waals surface area contributed by atoms with Gasteiger partial charge in [0.25, 0.3) is 11.8 Å². The molecule has 0 spiro atoms. The number of carboxylic acid groups (broad SMARTS) is 2. The van der Waals surface area contributed by atoms with Gasteiger partial charge in [-0.05, 0) is 79.9 Å². The molecule has 300 valence electrons. The first-order chi connectivity index (χ1) is 26.8. The number of aliphatic carboxylic acids is 2. The van der Waals surface area contributed by atoms with Crippen LogP contribution in [-0.4, -0.2) is 82.7 Å². The molecule has 4 amide bonds. The molecule has 3 atom stereocenters. The lowest BCUT2D eigenvalue weighted by atomic mass is 9.90. The van der Waals surface area contributed by atoms with Gasteiger partial charge in [0, 0.05) is 5.56 Å². The molecule has 3 rings (SSSR count). The number of rotatable bonds is 23. The second kappa shape index (κ2) is 21.3. The van der Waals surface area contributed by atoms with Crippen molar-refractivity contribution in [2.75, 3.05) is 13.3 Å². The number of benzene rings is 2. The van der Waals surface area contributed by atoms with Crippen LogP contribution in [0.2, 0.25) is 0 Å². The number of amides is 4. The summed E-state index contributed by atoms with van der Waals surface area (Å²) in [6, 6.07) is 8.70. The molecule has 0 saturated heterocycles. The fourth-order valence-corrected chi connectivity index (χ4v) is 5.79. The third kappa shape index (κ3) is 12.0. The number of nitroso groups, excluding NO2 is 1. The van der Waals surface area contributed by atoms with Crippen LogP contribution in [0.3, 0.4) is 0 Å². The Labute approximate surface area is 321 Å². The number of hydrogen-bond donors (Lipinski definition) is 5. The summed E-state index contributed by atoms with van der Waals surface area (Å²) in [5.74, 6) is -6.53. The summed E-state index contributed by atoms with van der Waals surface area (Å²) < 4.78 is 11.3.